The fraction of sp³-hybridized carbons (Fsp3) is 0.632. The molecule has 0 spiro atoms. The fourth-order valence-electron chi connectivity index (χ4n) is 3.13. The molecule has 2 heterocycles. The molecule has 1 aliphatic heterocycles. The topological polar surface area (TPSA) is 91.8 Å². The number of aliphatic carboxylic acids is 1. The molecule has 7 nitrogen and oxygen atoms in total. The van der Waals surface area contributed by atoms with Crippen molar-refractivity contribution in [3.8, 4) is 5.88 Å². The Labute approximate surface area is 162 Å². The monoisotopic (exact) mass is 397 g/mol. The second kappa shape index (κ2) is 7.52. The lowest BCUT2D eigenvalue weighted by molar-refractivity contribution is -0.144. The molecule has 1 saturated heterocycles. The first-order chi connectivity index (χ1) is 13.2. The summed E-state index contributed by atoms with van der Waals surface area (Å²) >= 11 is 0. The van der Waals surface area contributed by atoms with Gasteiger partial charge in [0, 0.05) is 0 Å². The number of amides is 1. The Morgan fingerprint density at radius 2 is 1.96 bits per heavy atom. The van der Waals surface area contributed by atoms with Gasteiger partial charge in [0.15, 0.2) is 0 Å². The zero-order valence-electron chi connectivity index (χ0n) is 16.0. The van der Waals surface area contributed by atoms with E-state index in [4.69, 9.17) is 4.74 Å². The number of nitrogens with one attached hydrogen (secondary N) is 1. The number of rotatable bonds is 9. The molecule has 0 atom stereocenters. The van der Waals surface area contributed by atoms with Gasteiger partial charge in [-0.05, 0) is 43.7 Å². The molecule has 0 bridgehead atoms. The third kappa shape index (κ3) is 4.18. The lowest BCUT2D eigenvalue weighted by atomic mass is 9.92. The zero-order valence-corrected chi connectivity index (χ0v) is 16.0. The number of pyridine rings is 1. The van der Waals surface area contributed by atoms with Crippen molar-refractivity contribution in [3.63, 3.8) is 0 Å². The molecular weight excluding hydrogens is 372 g/mol. The normalized spacial score (nSPS) is 18.4. The highest BCUT2D eigenvalue weighted by Gasteiger charge is 2.45. The minimum absolute atomic E-state index is 0.00523. The highest BCUT2D eigenvalue weighted by Crippen LogP contribution is 2.38. The maximum atomic E-state index is 13.3. The highest BCUT2D eigenvalue weighted by atomic mass is 19.3. The van der Waals surface area contributed by atoms with Gasteiger partial charge in [-0.15, -0.1) is 0 Å². The van der Waals surface area contributed by atoms with E-state index in [1.807, 2.05) is 0 Å². The van der Waals surface area contributed by atoms with E-state index in [1.54, 1.807) is 13.8 Å². The number of aromatic nitrogens is 1. The maximum absolute atomic E-state index is 13.3. The van der Waals surface area contributed by atoms with Gasteiger partial charge >= 0.3 is 5.97 Å². The second-order valence-corrected chi connectivity index (χ2v) is 7.54. The van der Waals surface area contributed by atoms with Gasteiger partial charge in [0.2, 0.25) is 5.88 Å². The summed E-state index contributed by atoms with van der Waals surface area (Å²) in [7, 11) is 0. The van der Waals surface area contributed by atoms with E-state index >= 15 is 0 Å². The third-order valence-corrected chi connectivity index (χ3v) is 5.38. The number of ether oxygens (including phenoxy) is 1. The van der Waals surface area contributed by atoms with E-state index in [2.05, 4.69) is 10.3 Å². The molecule has 1 amide bonds. The second-order valence-electron chi connectivity index (χ2n) is 7.54. The van der Waals surface area contributed by atoms with Crippen LogP contribution < -0.4 is 15.0 Å². The van der Waals surface area contributed by atoms with Crippen molar-refractivity contribution in [2.45, 2.75) is 51.0 Å². The summed E-state index contributed by atoms with van der Waals surface area (Å²) in [6, 6.07) is 2.93. The van der Waals surface area contributed by atoms with Crippen molar-refractivity contribution in [2.24, 2.45) is 5.92 Å². The van der Waals surface area contributed by atoms with Crippen molar-refractivity contribution in [1.29, 1.82) is 0 Å². The van der Waals surface area contributed by atoms with Crippen molar-refractivity contribution < 1.29 is 28.2 Å². The number of carboxylic acids is 1. The van der Waals surface area contributed by atoms with Crippen molar-refractivity contribution >= 4 is 17.6 Å². The molecule has 2 aliphatic rings. The Morgan fingerprint density at radius 3 is 2.46 bits per heavy atom. The molecule has 1 aromatic rings. The van der Waals surface area contributed by atoms with E-state index in [9.17, 15) is 23.5 Å². The molecule has 154 valence electrons. The molecule has 28 heavy (non-hydrogen) atoms. The Kier molecular flexibility index (Phi) is 5.45. The number of hydrogen-bond donors (Lipinski definition) is 2. The summed E-state index contributed by atoms with van der Waals surface area (Å²) in [5.74, 6) is -3.94. The van der Waals surface area contributed by atoms with Gasteiger partial charge in [-0.25, -0.2) is 18.6 Å². The lowest BCUT2D eigenvalue weighted by Gasteiger charge is -2.40. The van der Waals surface area contributed by atoms with Gasteiger partial charge in [-0.2, -0.15) is 0 Å². The standard InChI is InChI=1S/C19H25F2N3O4/c1-3-18(4-2,17(26)27)23-15(25)13-7-8-14(24-10-19(20,21)11-24)16(22-13)28-9-12-5-6-12/h7-8,12H,3-6,9-11H2,1-2H3,(H,23,25)(H,26,27). The van der Waals surface area contributed by atoms with Crippen LogP contribution >= 0.6 is 0 Å². The van der Waals surface area contributed by atoms with Crippen LogP contribution in [0.15, 0.2) is 12.1 Å². The summed E-state index contributed by atoms with van der Waals surface area (Å²) in [6.45, 7) is 2.94. The summed E-state index contributed by atoms with van der Waals surface area (Å²) in [5, 5.41) is 12.0. The van der Waals surface area contributed by atoms with Crippen LogP contribution in [0.2, 0.25) is 0 Å². The number of carbonyl (C=O) groups is 2. The molecule has 2 N–H and O–H groups in total. The largest absolute Gasteiger partial charge is 0.480 e. The maximum Gasteiger partial charge on any atom is 0.329 e. The first-order valence-corrected chi connectivity index (χ1v) is 9.52. The summed E-state index contributed by atoms with van der Waals surface area (Å²) in [5.41, 5.74) is -0.973. The first kappa shape index (κ1) is 20.3. The van der Waals surface area contributed by atoms with Gasteiger partial charge < -0.3 is 20.1 Å². The molecule has 2 fully saturated rings. The molecule has 9 heteroatoms. The van der Waals surface area contributed by atoms with E-state index in [0.717, 1.165) is 12.8 Å². The lowest BCUT2D eigenvalue weighted by Crippen LogP contribution is -2.56. The Morgan fingerprint density at radius 1 is 1.32 bits per heavy atom. The van der Waals surface area contributed by atoms with E-state index in [0.29, 0.717) is 18.2 Å². The number of halogens is 2. The van der Waals surface area contributed by atoms with Crippen LogP contribution in [0.3, 0.4) is 0 Å². The predicted octanol–water partition coefficient (Wildman–Crippen LogP) is 2.70. The fourth-order valence-corrected chi connectivity index (χ4v) is 3.13. The average Bonchev–Trinajstić information content (AvgIpc) is 3.46. The van der Waals surface area contributed by atoms with Gasteiger partial charge in [-0.1, -0.05) is 13.8 Å². The molecule has 1 saturated carbocycles. The van der Waals surface area contributed by atoms with Crippen molar-refractivity contribution in [1.82, 2.24) is 10.3 Å². The number of alkyl halides is 2. The van der Waals surface area contributed by atoms with Crippen molar-refractivity contribution in [3.05, 3.63) is 17.8 Å². The number of hydrogen-bond acceptors (Lipinski definition) is 5. The number of carbonyl (C=O) groups excluding carboxylic acids is 1. The Bertz CT molecular complexity index is 756. The van der Waals surface area contributed by atoms with Gasteiger partial charge in [0.05, 0.1) is 19.7 Å². The highest BCUT2D eigenvalue weighted by molar-refractivity contribution is 5.96. The third-order valence-electron chi connectivity index (χ3n) is 5.38. The minimum Gasteiger partial charge on any atom is -0.480 e. The van der Waals surface area contributed by atoms with Gasteiger partial charge in [0.1, 0.15) is 16.9 Å². The van der Waals surface area contributed by atoms with Crippen LogP contribution in [-0.4, -0.2) is 53.1 Å². The number of nitrogens with zero attached hydrogens (tertiary/aromatic N) is 2. The Balaban J connectivity index is 1.81. The van der Waals surface area contributed by atoms with Crippen LogP contribution in [0.4, 0.5) is 14.5 Å². The van der Waals surface area contributed by atoms with Crippen LogP contribution in [0.25, 0.3) is 0 Å². The zero-order chi connectivity index (χ0) is 20.5. The SMILES string of the molecule is CCC(CC)(NC(=O)c1ccc(N2CC(F)(F)C2)c(OCC2CC2)n1)C(=O)O. The molecule has 0 unspecified atom stereocenters. The number of carboxylic acid groups (broad SMARTS) is 1. The summed E-state index contributed by atoms with van der Waals surface area (Å²) < 4.78 is 32.2. The van der Waals surface area contributed by atoms with Gasteiger partial charge in [0.25, 0.3) is 11.8 Å². The average molecular weight is 397 g/mol. The summed E-state index contributed by atoms with van der Waals surface area (Å²) in [4.78, 5) is 29.9. The van der Waals surface area contributed by atoms with E-state index in [-0.39, 0.29) is 24.4 Å². The molecule has 0 aromatic carbocycles. The molecule has 0 radical (unpaired) electrons. The van der Waals surface area contributed by atoms with E-state index in [1.165, 1.54) is 17.0 Å². The van der Waals surface area contributed by atoms with Gasteiger partial charge in [-0.3, -0.25) is 4.79 Å². The molecular formula is C19H25F2N3O4. The first-order valence-electron chi connectivity index (χ1n) is 9.52. The molecule has 1 aromatic heterocycles. The summed E-state index contributed by atoms with van der Waals surface area (Å²) in [6.07, 6.45) is 2.53. The molecule has 1 aliphatic carbocycles. The van der Waals surface area contributed by atoms with Crippen LogP contribution in [0.1, 0.15) is 50.0 Å². The van der Waals surface area contributed by atoms with E-state index < -0.39 is 36.4 Å². The molecule has 3 rings (SSSR count). The quantitative estimate of drug-likeness (QED) is 0.666. The van der Waals surface area contributed by atoms with Crippen molar-refractivity contribution in [2.75, 3.05) is 24.6 Å². The smallest absolute Gasteiger partial charge is 0.329 e. The number of anilines is 1. The van der Waals surface area contributed by atoms with Crippen LogP contribution in [0.5, 0.6) is 5.88 Å². The minimum atomic E-state index is -2.74. The predicted molar refractivity (Wildman–Crippen MR) is 98.0 cm³/mol. The van der Waals surface area contributed by atoms with Crippen LogP contribution in [0, 0.1) is 5.92 Å². The van der Waals surface area contributed by atoms with Crippen LogP contribution in [-0.2, 0) is 4.79 Å². The Hall–Kier alpha value is -2.45.